The first-order valence-corrected chi connectivity index (χ1v) is 9.89. The third-order valence-corrected chi connectivity index (χ3v) is 5.50. The number of rotatable bonds is 5. The van der Waals surface area contributed by atoms with E-state index in [2.05, 4.69) is 61.2 Å². The Bertz CT molecular complexity index is 1230. The van der Waals surface area contributed by atoms with Gasteiger partial charge in [-0.1, -0.05) is 41.6 Å². The summed E-state index contributed by atoms with van der Waals surface area (Å²) in [4.78, 5) is 12.5. The Labute approximate surface area is 172 Å². The third kappa shape index (κ3) is 3.06. The lowest BCUT2D eigenvalue weighted by atomic mass is 10.0. The molecule has 0 amide bonds. The van der Waals surface area contributed by atoms with Gasteiger partial charge in [0.05, 0.1) is 6.10 Å². The summed E-state index contributed by atoms with van der Waals surface area (Å²) in [5.74, 6) is -0.439. The number of hydrogen-bond acceptors (Lipinski definition) is 6. The number of aromatic amines is 2. The molecular weight excluding hydrogens is 380 g/mol. The van der Waals surface area contributed by atoms with Crippen molar-refractivity contribution in [2.45, 2.75) is 32.8 Å². The van der Waals surface area contributed by atoms with E-state index in [1.165, 1.54) is 22.3 Å². The summed E-state index contributed by atoms with van der Waals surface area (Å²) >= 11 is 0. The minimum absolute atomic E-state index is 0.165. The summed E-state index contributed by atoms with van der Waals surface area (Å²) in [6, 6.07) is 12.4. The van der Waals surface area contributed by atoms with Crippen LogP contribution in [0.1, 0.15) is 41.9 Å². The zero-order chi connectivity index (χ0) is 20.7. The van der Waals surface area contributed by atoms with Gasteiger partial charge in [-0.3, -0.25) is 10.2 Å². The van der Waals surface area contributed by atoms with Crippen LogP contribution in [0.3, 0.4) is 0 Å². The number of nitrogens with zero attached hydrogens (tertiary/aromatic N) is 4. The number of H-pyrrole nitrogens is 2. The van der Waals surface area contributed by atoms with E-state index >= 15 is 0 Å². The summed E-state index contributed by atoms with van der Waals surface area (Å²) in [5.41, 5.74) is 8.28. The molecule has 1 aliphatic rings. The number of carbonyl (C=O) groups excluding carboxylic acids is 1. The molecule has 1 aliphatic carbocycles. The molecule has 8 nitrogen and oxygen atoms in total. The maximum atomic E-state index is 12.5. The number of hydrogen-bond donors (Lipinski definition) is 2. The van der Waals surface area contributed by atoms with Crippen LogP contribution in [0.4, 0.5) is 0 Å². The summed E-state index contributed by atoms with van der Waals surface area (Å²) in [7, 11) is 0. The van der Waals surface area contributed by atoms with E-state index < -0.39 is 5.97 Å². The van der Waals surface area contributed by atoms with Crippen molar-refractivity contribution in [3.63, 3.8) is 0 Å². The molecule has 2 aromatic carbocycles. The lowest BCUT2D eigenvalue weighted by molar-refractivity contribution is 0.0328. The highest BCUT2D eigenvalue weighted by Gasteiger charge is 2.24. The van der Waals surface area contributed by atoms with Crippen molar-refractivity contribution >= 4 is 5.97 Å². The average Bonchev–Trinajstić information content (AvgIpc) is 3.51. The molecule has 2 heterocycles. The Hall–Kier alpha value is -3.81. The Morgan fingerprint density at radius 2 is 1.80 bits per heavy atom. The summed E-state index contributed by atoms with van der Waals surface area (Å²) in [5, 5.41) is 21.3. The zero-order valence-corrected chi connectivity index (χ0v) is 16.6. The molecule has 1 atom stereocenters. The first-order chi connectivity index (χ1) is 14.6. The number of esters is 1. The van der Waals surface area contributed by atoms with Gasteiger partial charge in [0.25, 0.3) is 0 Å². The van der Waals surface area contributed by atoms with Crippen LogP contribution in [0.5, 0.6) is 0 Å². The Balaban J connectivity index is 1.46. The number of nitrogens with one attached hydrogen (secondary N) is 2. The Morgan fingerprint density at radius 1 is 1.07 bits per heavy atom. The molecule has 0 aliphatic heterocycles. The molecule has 150 valence electrons. The standard InChI is InChI=1S/C22H20N6O2/c1-3-12(2)30-22(29)21-20(25-28-26-21)14-5-7-18-16(9-14)10-15-8-13(4-6-17(15)18)19-11-23-27-24-19/h4-9,11-12H,3,10H2,1-2H3,(H,23,24,27)(H,25,26,28)/t12-/m0/s1. The molecule has 0 saturated carbocycles. The largest absolute Gasteiger partial charge is 0.458 e. The average molecular weight is 400 g/mol. The van der Waals surface area contributed by atoms with E-state index in [-0.39, 0.29) is 11.8 Å². The minimum Gasteiger partial charge on any atom is -0.458 e. The fourth-order valence-corrected chi connectivity index (χ4v) is 3.76. The number of fused-ring (bicyclic) bond motifs is 3. The third-order valence-electron chi connectivity index (χ3n) is 5.50. The molecule has 0 unspecified atom stereocenters. The SMILES string of the molecule is CC[C@H](C)OC(=O)c1[nH]nnc1-c1ccc2c(c1)Cc1cc(-c3c[nH]nn3)ccc1-2. The van der Waals surface area contributed by atoms with Gasteiger partial charge >= 0.3 is 5.97 Å². The highest BCUT2D eigenvalue weighted by Crippen LogP contribution is 2.40. The number of ether oxygens (including phenoxy) is 1. The van der Waals surface area contributed by atoms with Crippen LogP contribution in [0.2, 0.25) is 0 Å². The van der Waals surface area contributed by atoms with E-state index in [1.807, 2.05) is 19.9 Å². The quantitative estimate of drug-likeness (QED) is 0.435. The predicted octanol–water partition coefficient (Wildman–Crippen LogP) is 3.78. The van der Waals surface area contributed by atoms with Gasteiger partial charge < -0.3 is 4.74 Å². The predicted molar refractivity (Wildman–Crippen MR) is 111 cm³/mol. The Kier molecular flexibility index (Phi) is 4.39. The van der Waals surface area contributed by atoms with Gasteiger partial charge in [0.2, 0.25) is 0 Å². The normalized spacial score (nSPS) is 13.0. The molecular formula is C22H20N6O2. The topological polar surface area (TPSA) is 109 Å². The molecule has 4 aromatic rings. The van der Waals surface area contributed by atoms with Crippen LogP contribution in [0, 0.1) is 0 Å². The fraction of sp³-hybridized carbons (Fsp3) is 0.227. The molecule has 2 aromatic heterocycles. The van der Waals surface area contributed by atoms with Crippen molar-refractivity contribution < 1.29 is 9.53 Å². The van der Waals surface area contributed by atoms with Crippen LogP contribution >= 0.6 is 0 Å². The van der Waals surface area contributed by atoms with Crippen molar-refractivity contribution in [1.29, 1.82) is 0 Å². The summed E-state index contributed by atoms with van der Waals surface area (Å²) in [6.07, 6.45) is 3.17. The molecule has 5 rings (SSSR count). The van der Waals surface area contributed by atoms with Crippen molar-refractivity contribution in [3.05, 3.63) is 59.4 Å². The van der Waals surface area contributed by atoms with Crippen molar-refractivity contribution in [2.24, 2.45) is 0 Å². The van der Waals surface area contributed by atoms with E-state index in [4.69, 9.17) is 4.74 Å². The van der Waals surface area contributed by atoms with Gasteiger partial charge in [0.1, 0.15) is 11.4 Å². The molecule has 0 saturated heterocycles. The van der Waals surface area contributed by atoms with Crippen LogP contribution in [-0.2, 0) is 11.2 Å². The van der Waals surface area contributed by atoms with Gasteiger partial charge in [-0.2, -0.15) is 0 Å². The van der Waals surface area contributed by atoms with Crippen LogP contribution < -0.4 is 0 Å². The van der Waals surface area contributed by atoms with Crippen LogP contribution in [-0.4, -0.2) is 42.9 Å². The minimum atomic E-state index is -0.439. The monoisotopic (exact) mass is 400 g/mol. The molecule has 30 heavy (non-hydrogen) atoms. The van der Waals surface area contributed by atoms with Crippen molar-refractivity contribution in [2.75, 3.05) is 0 Å². The second kappa shape index (κ2) is 7.22. The van der Waals surface area contributed by atoms with Gasteiger partial charge in [-0.15, -0.1) is 10.2 Å². The smallest absolute Gasteiger partial charge is 0.358 e. The highest BCUT2D eigenvalue weighted by atomic mass is 16.5. The van der Waals surface area contributed by atoms with E-state index in [1.54, 1.807) is 6.20 Å². The number of carbonyl (C=O) groups is 1. The molecule has 2 N–H and O–H groups in total. The molecule has 8 heteroatoms. The fourth-order valence-electron chi connectivity index (χ4n) is 3.76. The maximum Gasteiger partial charge on any atom is 0.358 e. The number of benzene rings is 2. The molecule has 0 bridgehead atoms. The number of aromatic nitrogens is 6. The molecule has 0 fully saturated rings. The van der Waals surface area contributed by atoms with Crippen molar-refractivity contribution in [1.82, 2.24) is 30.8 Å². The second-order valence-electron chi connectivity index (χ2n) is 7.44. The van der Waals surface area contributed by atoms with Gasteiger partial charge in [-0.25, -0.2) is 4.79 Å². The van der Waals surface area contributed by atoms with E-state index in [0.717, 1.165) is 29.7 Å². The first kappa shape index (κ1) is 18.2. The van der Waals surface area contributed by atoms with Crippen molar-refractivity contribution in [3.8, 4) is 33.6 Å². The second-order valence-corrected chi connectivity index (χ2v) is 7.44. The lowest BCUT2D eigenvalue weighted by Gasteiger charge is -2.10. The van der Waals surface area contributed by atoms with E-state index in [0.29, 0.717) is 5.69 Å². The first-order valence-electron chi connectivity index (χ1n) is 9.89. The summed E-state index contributed by atoms with van der Waals surface area (Å²) < 4.78 is 5.43. The van der Waals surface area contributed by atoms with Gasteiger partial charge in [-0.05, 0) is 54.2 Å². The lowest BCUT2D eigenvalue weighted by Crippen LogP contribution is -2.15. The van der Waals surface area contributed by atoms with E-state index in [9.17, 15) is 4.79 Å². The van der Waals surface area contributed by atoms with Gasteiger partial charge in [0, 0.05) is 17.3 Å². The molecule has 0 spiro atoms. The Morgan fingerprint density at radius 3 is 2.50 bits per heavy atom. The zero-order valence-electron chi connectivity index (χ0n) is 16.6. The highest BCUT2D eigenvalue weighted by molar-refractivity contribution is 5.94. The maximum absolute atomic E-state index is 12.5. The van der Waals surface area contributed by atoms with Crippen LogP contribution in [0.25, 0.3) is 33.6 Å². The molecule has 0 radical (unpaired) electrons. The summed E-state index contributed by atoms with van der Waals surface area (Å²) in [6.45, 7) is 3.83. The van der Waals surface area contributed by atoms with Crippen LogP contribution in [0.15, 0.2) is 42.6 Å². The van der Waals surface area contributed by atoms with Gasteiger partial charge in [0.15, 0.2) is 5.69 Å².